The minimum atomic E-state index is -0.656. The molecule has 0 amide bonds. The summed E-state index contributed by atoms with van der Waals surface area (Å²) in [6, 6.07) is 93.6. The van der Waals surface area contributed by atoms with Crippen LogP contribution in [0.25, 0.3) is 77.8 Å². The van der Waals surface area contributed by atoms with E-state index in [1.165, 1.54) is 49.6 Å². The molecule has 0 spiro atoms. The molecule has 1 unspecified atom stereocenters. The molecular weight excluding hydrogens is 889 g/mol. The number of furan rings is 1. The minimum absolute atomic E-state index is 0.656. The highest BCUT2D eigenvalue weighted by atomic mass is 16.5. The lowest BCUT2D eigenvalue weighted by Crippen LogP contribution is -2.28. The molecule has 0 bridgehead atoms. The van der Waals surface area contributed by atoms with Gasteiger partial charge in [0.25, 0.3) is 0 Å². The number of hydrogen-bond donors (Lipinski definition) is 0. The number of rotatable bonds is 10. The summed E-state index contributed by atoms with van der Waals surface area (Å²) >= 11 is 0. The number of fused-ring (bicyclic) bond motifs is 9. The molecule has 11 aromatic carbocycles. The van der Waals surface area contributed by atoms with Crippen molar-refractivity contribution in [2.75, 3.05) is 4.90 Å². The molecule has 4 heteroatoms. The summed E-state index contributed by atoms with van der Waals surface area (Å²) in [4.78, 5) is 2.37. The van der Waals surface area contributed by atoms with Crippen molar-refractivity contribution < 1.29 is 9.15 Å². The normalized spacial score (nSPS) is 13.9. The van der Waals surface area contributed by atoms with E-state index in [0.717, 1.165) is 78.4 Å². The molecule has 1 atom stereocenters. The first kappa shape index (κ1) is 42.3. The summed E-state index contributed by atoms with van der Waals surface area (Å²) in [5.74, 6) is 1.55. The van der Waals surface area contributed by atoms with Crippen molar-refractivity contribution in [1.82, 2.24) is 4.57 Å². The molecule has 0 N–H and O–H groups in total. The molecule has 0 radical (unpaired) electrons. The lowest BCUT2D eigenvalue weighted by molar-refractivity contribution is 0.482. The van der Waals surface area contributed by atoms with E-state index in [4.69, 9.17) is 9.15 Å². The first-order chi connectivity index (χ1) is 36.1. The van der Waals surface area contributed by atoms with Crippen LogP contribution in [0.3, 0.4) is 0 Å². The van der Waals surface area contributed by atoms with Crippen molar-refractivity contribution >= 4 is 66.9 Å². The Labute approximate surface area is 423 Å². The third kappa shape index (κ3) is 6.76. The van der Waals surface area contributed by atoms with Crippen LogP contribution >= 0.6 is 0 Å². The van der Waals surface area contributed by atoms with Crippen molar-refractivity contribution in [3.63, 3.8) is 0 Å². The Kier molecular flexibility index (Phi) is 9.87. The molecular formula is C69H46N2O2. The molecule has 0 aliphatic heterocycles. The van der Waals surface area contributed by atoms with Crippen molar-refractivity contribution in [2.24, 2.45) is 0 Å². The second-order valence-corrected chi connectivity index (χ2v) is 18.8. The lowest BCUT2D eigenvalue weighted by atomic mass is 9.67. The Balaban J connectivity index is 0.937. The van der Waals surface area contributed by atoms with Crippen LogP contribution in [0.1, 0.15) is 27.8 Å². The lowest BCUT2D eigenvalue weighted by Gasteiger charge is -2.35. The van der Waals surface area contributed by atoms with Crippen LogP contribution in [-0.2, 0) is 5.41 Å². The summed E-state index contributed by atoms with van der Waals surface area (Å²) in [5, 5.41) is 4.62. The maximum absolute atomic E-state index is 6.84. The van der Waals surface area contributed by atoms with Crippen LogP contribution in [-0.4, -0.2) is 4.57 Å². The second kappa shape index (κ2) is 17.0. The molecule has 4 nitrogen and oxygen atoms in total. The molecule has 0 saturated carbocycles. The summed E-state index contributed by atoms with van der Waals surface area (Å²) in [6.07, 6.45) is 1.84. The molecule has 14 rings (SSSR count). The van der Waals surface area contributed by atoms with Crippen molar-refractivity contribution in [3.8, 4) is 39.4 Å². The molecule has 0 fully saturated rings. The van der Waals surface area contributed by atoms with Gasteiger partial charge >= 0.3 is 0 Å². The summed E-state index contributed by atoms with van der Waals surface area (Å²) < 4.78 is 15.6. The number of ether oxygens (including phenoxy) is 1. The van der Waals surface area contributed by atoms with E-state index in [0.29, 0.717) is 0 Å². The van der Waals surface area contributed by atoms with E-state index in [1.807, 2.05) is 36.4 Å². The predicted octanol–water partition coefficient (Wildman–Crippen LogP) is 18.6. The second-order valence-electron chi connectivity index (χ2n) is 18.8. The fraction of sp³-hybridized carbons (Fsp3) is 0.0145. The highest BCUT2D eigenvalue weighted by molar-refractivity contribution is 6.12. The molecule has 1 aliphatic carbocycles. The minimum Gasteiger partial charge on any atom is -0.457 e. The summed E-state index contributed by atoms with van der Waals surface area (Å²) in [6.45, 7) is 3.91. The third-order valence-electron chi connectivity index (χ3n) is 14.9. The molecule has 13 aromatic rings. The Morgan fingerprint density at radius 3 is 1.85 bits per heavy atom. The molecule has 344 valence electrons. The zero-order valence-corrected chi connectivity index (χ0v) is 39.8. The summed E-state index contributed by atoms with van der Waals surface area (Å²) in [7, 11) is 0. The van der Waals surface area contributed by atoms with Gasteiger partial charge < -0.3 is 18.6 Å². The SMILES string of the molecule is C=Cc1ccc(Oc2ccc(C3(c4ccccc4)c4ccccc4-c4ccc(N(c5ccc(-c6ccc7c(c6)c6ccccc6n7-c6ccccc6)cc5)c5cccc6c5oc5ccccc56)cc43)cc2)cc1. The Bertz CT molecular complexity index is 4230. The highest BCUT2D eigenvalue weighted by Gasteiger charge is 2.46. The van der Waals surface area contributed by atoms with E-state index in [1.54, 1.807) is 0 Å². The first-order valence-electron chi connectivity index (χ1n) is 24.8. The van der Waals surface area contributed by atoms with Crippen molar-refractivity contribution in [3.05, 3.63) is 295 Å². The van der Waals surface area contributed by atoms with Gasteiger partial charge in [0.2, 0.25) is 0 Å². The average molecular weight is 935 g/mol. The first-order valence-corrected chi connectivity index (χ1v) is 24.8. The van der Waals surface area contributed by atoms with Crippen LogP contribution in [0.2, 0.25) is 0 Å². The molecule has 0 saturated heterocycles. The van der Waals surface area contributed by atoms with Gasteiger partial charge in [-0.1, -0.05) is 183 Å². The number of benzene rings is 11. The number of para-hydroxylation sites is 4. The van der Waals surface area contributed by atoms with Gasteiger partial charge in [-0.15, -0.1) is 0 Å². The number of nitrogens with zero attached hydrogens (tertiary/aromatic N) is 2. The Morgan fingerprint density at radius 1 is 0.438 bits per heavy atom. The van der Waals surface area contributed by atoms with Gasteiger partial charge in [0.1, 0.15) is 17.1 Å². The van der Waals surface area contributed by atoms with E-state index in [9.17, 15) is 0 Å². The van der Waals surface area contributed by atoms with E-state index in [2.05, 4.69) is 247 Å². The van der Waals surface area contributed by atoms with E-state index in [-0.39, 0.29) is 0 Å². The van der Waals surface area contributed by atoms with Gasteiger partial charge in [0.05, 0.1) is 22.1 Å². The van der Waals surface area contributed by atoms with Crippen LogP contribution in [0, 0.1) is 0 Å². The largest absolute Gasteiger partial charge is 0.457 e. The van der Waals surface area contributed by atoms with Gasteiger partial charge in [0, 0.05) is 38.6 Å². The molecule has 2 aromatic heterocycles. The Hall–Kier alpha value is -9.64. The fourth-order valence-corrected chi connectivity index (χ4v) is 11.6. The number of aromatic nitrogens is 1. The third-order valence-corrected chi connectivity index (χ3v) is 14.9. The van der Waals surface area contributed by atoms with Crippen LogP contribution in [0.15, 0.2) is 272 Å². The predicted molar refractivity (Wildman–Crippen MR) is 302 cm³/mol. The molecule has 1 aliphatic rings. The topological polar surface area (TPSA) is 30.5 Å². The van der Waals surface area contributed by atoms with Gasteiger partial charge in [-0.05, 0) is 141 Å². The standard InChI is InChI=1S/C69H46N2O2/c1-2-46-28-38-54(39-29-46)72-55-40-33-50(34-41-55)69(49-16-5-3-6-17-49)62-24-12-9-20-56(62)57-42-37-53(45-63(57)69)70(66-26-15-23-60-59-22-11-14-27-67(59)73-68(60)66)52-35-30-47(31-36-52)48-32-43-65-61(44-48)58-21-10-13-25-64(58)71(65)51-18-7-4-8-19-51/h2-45H,1H2. The molecule has 73 heavy (non-hydrogen) atoms. The highest BCUT2D eigenvalue weighted by Crippen LogP contribution is 2.58. The van der Waals surface area contributed by atoms with Crippen LogP contribution in [0.4, 0.5) is 17.1 Å². The smallest absolute Gasteiger partial charge is 0.159 e. The quantitative estimate of drug-likeness (QED) is 0.137. The average Bonchev–Trinajstić information content (AvgIpc) is 4.11. The van der Waals surface area contributed by atoms with Crippen LogP contribution < -0.4 is 9.64 Å². The molecule has 2 heterocycles. The van der Waals surface area contributed by atoms with E-state index >= 15 is 0 Å². The number of hydrogen-bond acceptors (Lipinski definition) is 3. The maximum Gasteiger partial charge on any atom is 0.159 e. The van der Waals surface area contributed by atoms with Gasteiger partial charge in [-0.25, -0.2) is 0 Å². The van der Waals surface area contributed by atoms with Crippen LogP contribution in [0.5, 0.6) is 11.5 Å². The maximum atomic E-state index is 6.84. The van der Waals surface area contributed by atoms with Gasteiger partial charge in [-0.3, -0.25) is 0 Å². The van der Waals surface area contributed by atoms with Crippen molar-refractivity contribution in [1.29, 1.82) is 0 Å². The van der Waals surface area contributed by atoms with Gasteiger partial charge in [0.15, 0.2) is 5.58 Å². The Morgan fingerprint density at radius 2 is 1.05 bits per heavy atom. The van der Waals surface area contributed by atoms with E-state index < -0.39 is 5.41 Å². The number of anilines is 3. The monoisotopic (exact) mass is 934 g/mol. The summed E-state index contributed by atoms with van der Waals surface area (Å²) in [5.41, 5.74) is 18.1. The zero-order valence-electron chi connectivity index (χ0n) is 39.8. The zero-order chi connectivity index (χ0) is 48.5. The van der Waals surface area contributed by atoms with Crippen molar-refractivity contribution in [2.45, 2.75) is 5.41 Å². The van der Waals surface area contributed by atoms with Gasteiger partial charge in [-0.2, -0.15) is 0 Å². The fourth-order valence-electron chi connectivity index (χ4n) is 11.6.